The van der Waals surface area contributed by atoms with Gasteiger partial charge in [0.25, 0.3) is 5.91 Å². The molecule has 0 radical (unpaired) electrons. The molecule has 2 unspecified atom stereocenters. The summed E-state index contributed by atoms with van der Waals surface area (Å²) in [5.74, 6) is 0.491. The molecular weight excluding hydrogens is 330 g/mol. The van der Waals surface area contributed by atoms with Crippen LogP contribution in [0.1, 0.15) is 35.3 Å². The Morgan fingerprint density at radius 1 is 1.19 bits per heavy atom. The zero-order valence-electron chi connectivity index (χ0n) is 15.0. The average Bonchev–Trinajstić information content (AvgIpc) is 2.72. The Bertz CT molecular complexity index is 719. The van der Waals surface area contributed by atoms with Crippen LogP contribution in [0, 0.1) is 0 Å². The Morgan fingerprint density at radius 3 is 2.65 bits per heavy atom. The van der Waals surface area contributed by atoms with E-state index in [9.17, 15) is 9.90 Å². The molecule has 0 aromatic heterocycles. The van der Waals surface area contributed by atoms with Gasteiger partial charge < -0.3 is 19.5 Å². The summed E-state index contributed by atoms with van der Waals surface area (Å²) in [5.41, 5.74) is 1.49. The number of carbonyl (C=O) groups excluding carboxylic acids is 1. The highest BCUT2D eigenvalue weighted by Crippen LogP contribution is 2.32. The van der Waals surface area contributed by atoms with Crippen LogP contribution < -0.4 is 4.74 Å². The van der Waals surface area contributed by atoms with Gasteiger partial charge >= 0.3 is 0 Å². The molecule has 1 N–H and O–H groups in total. The van der Waals surface area contributed by atoms with Crippen LogP contribution in [0.5, 0.6) is 5.75 Å². The first-order valence-corrected chi connectivity index (χ1v) is 9.06. The molecule has 0 bridgehead atoms. The van der Waals surface area contributed by atoms with Crippen LogP contribution in [-0.2, 0) is 4.74 Å². The summed E-state index contributed by atoms with van der Waals surface area (Å²) in [6.07, 6.45) is 0.429. The van der Waals surface area contributed by atoms with Crippen molar-refractivity contribution in [2.24, 2.45) is 0 Å². The van der Waals surface area contributed by atoms with E-state index in [0.29, 0.717) is 31.1 Å². The summed E-state index contributed by atoms with van der Waals surface area (Å²) in [7, 11) is 0. The lowest BCUT2D eigenvalue weighted by molar-refractivity contribution is -0.0812. The lowest BCUT2D eigenvalue weighted by atomic mass is 9.97. The molecule has 0 spiro atoms. The number of amides is 1. The van der Waals surface area contributed by atoms with Gasteiger partial charge in [0.1, 0.15) is 11.9 Å². The molecule has 1 heterocycles. The van der Waals surface area contributed by atoms with Gasteiger partial charge in [0, 0.05) is 6.54 Å². The van der Waals surface area contributed by atoms with E-state index in [1.165, 1.54) is 0 Å². The smallest absolute Gasteiger partial charge is 0.258 e. The van der Waals surface area contributed by atoms with Crippen molar-refractivity contribution in [3.05, 3.63) is 65.7 Å². The average molecular weight is 355 g/mol. The second-order valence-corrected chi connectivity index (χ2v) is 6.29. The summed E-state index contributed by atoms with van der Waals surface area (Å²) in [4.78, 5) is 15.1. The molecule has 1 aliphatic rings. The summed E-state index contributed by atoms with van der Waals surface area (Å²) in [6.45, 7) is 3.32. The Balaban J connectivity index is 1.94. The first-order valence-electron chi connectivity index (χ1n) is 9.06. The summed E-state index contributed by atoms with van der Waals surface area (Å²) in [5, 5.41) is 9.78. The van der Waals surface area contributed by atoms with Gasteiger partial charge in [0.2, 0.25) is 0 Å². The number of rotatable bonds is 6. The van der Waals surface area contributed by atoms with Crippen LogP contribution in [0.2, 0.25) is 0 Å². The van der Waals surface area contributed by atoms with Gasteiger partial charge in [-0.05, 0) is 24.1 Å². The number of aliphatic hydroxyl groups is 1. The van der Waals surface area contributed by atoms with Crippen LogP contribution in [0.3, 0.4) is 0 Å². The van der Waals surface area contributed by atoms with E-state index in [4.69, 9.17) is 9.47 Å². The molecule has 1 amide bonds. The third kappa shape index (κ3) is 3.89. The van der Waals surface area contributed by atoms with Crippen LogP contribution in [-0.4, -0.2) is 48.4 Å². The van der Waals surface area contributed by atoms with Gasteiger partial charge in [-0.15, -0.1) is 0 Å². The van der Waals surface area contributed by atoms with E-state index in [-0.39, 0.29) is 18.6 Å². The van der Waals surface area contributed by atoms with Crippen molar-refractivity contribution in [1.29, 1.82) is 0 Å². The maximum Gasteiger partial charge on any atom is 0.258 e. The van der Waals surface area contributed by atoms with Crippen molar-refractivity contribution in [3.63, 3.8) is 0 Å². The lowest BCUT2D eigenvalue weighted by Crippen LogP contribution is -2.49. The molecule has 2 atom stereocenters. The number of morpholine rings is 1. The van der Waals surface area contributed by atoms with Gasteiger partial charge in [0.15, 0.2) is 0 Å². The molecule has 26 heavy (non-hydrogen) atoms. The third-order valence-electron chi connectivity index (χ3n) is 4.51. The summed E-state index contributed by atoms with van der Waals surface area (Å²) < 4.78 is 11.5. The van der Waals surface area contributed by atoms with E-state index < -0.39 is 6.10 Å². The molecule has 0 aliphatic carbocycles. The number of nitrogens with zero attached hydrogens (tertiary/aromatic N) is 1. The van der Waals surface area contributed by atoms with Gasteiger partial charge in [-0.1, -0.05) is 49.4 Å². The van der Waals surface area contributed by atoms with Gasteiger partial charge in [0.05, 0.1) is 31.4 Å². The van der Waals surface area contributed by atoms with Crippen LogP contribution in [0.4, 0.5) is 0 Å². The third-order valence-corrected chi connectivity index (χ3v) is 4.51. The first-order chi connectivity index (χ1) is 12.8. The van der Waals surface area contributed by atoms with Crippen molar-refractivity contribution < 1.29 is 19.4 Å². The molecule has 2 aromatic carbocycles. The predicted molar refractivity (Wildman–Crippen MR) is 99.3 cm³/mol. The molecule has 3 rings (SSSR count). The minimum absolute atomic E-state index is 0.104. The topological polar surface area (TPSA) is 59.0 Å². The molecule has 1 fully saturated rings. The van der Waals surface area contributed by atoms with Gasteiger partial charge in [-0.2, -0.15) is 0 Å². The van der Waals surface area contributed by atoms with Crippen molar-refractivity contribution in [2.45, 2.75) is 25.5 Å². The quantitative estimate of drug-likeness (QED) is 0.865. The van der Waals surface area contributed by atoms with E-state index in [0.717, 1.165) is 12.0 Å². The Hall–Kier alpha value is -2.37. The van der Waals surface area contributed by atoms with Crippen LogP contribution in [0.15, 0.2) is 54.6 Å². The van der Waals surface area contributed by atoms with Gasteiger partial charge in [-0.25, -0.2) is 0 Å². The highest BCUT2D eigenvalue weighted by molar-refractivity contribution is 5.97. The fraction of sp³-hybridized carbons (Fsp3) is 0.381. The predicted octanol–water partition coefficient (Wildman–Crippen LogP) is 3.05. The van der Waals surface area contributed by atoms with Crippen molar-refractivity contribution in [1.82, 2.24) is 4.90 Å². The zero-order valence-corrected chi connectivity index (χ0v) is 15.0. The number of aliphatic hydroxyl groups excluding tert-OH is 1. The normalized spacial score (nSPS) is 20.0. The second kappa shape index (κ2) is 8.83. The molecule has 1 aliphatic heterocycles. The number of hydrogen-bond acceptors (Lipinski definition) is 4. The van der Waals surface area contributed by atoms with Crippen molar-refractivity contribution in [2.75, 3.05) is 26.4 Å². The second-order valence-electron chi connectivity index (χ2n) is 6.29. The number of hydrogen-bond donors (Lipinski definition) is 1. The standard InChI is InChI=1S/C21H25NO4/c1-2-13-25-18-11-7-6-10-17(18)21(24)22-12-14-26-19(15-23)20(22)16-8-4-3-5-9-16/h3-11,19-20,23H,2,12-15H2,1H3. The van der Waals surface area contributed by atoms with Crippen molar-refractivity contribution >= 4 is 5.91 Å². The Labute approximate surface area is 154 Å². The van der Waals surface area contributed by atoms with Crippen molar-refractivity contribution in [3.8, 4) is 5.75 Å². The summed E-state index contributed by atoms with van der Waals surface area (Å²) >= 11 is 0. The maximum absolute atomic E-state index is 13.3. The highest BCUT2D eigenvalue weighted by Gasteiger charge is 2.37. The monoisotopic (exact) mass is 355 g/mol. The Morgan fingerprint density at radius 2 is 1.92 bits per heavy atom. The number of ether oxygens (including phenoxy) is 2. The number of para-hydroxylation sites is 1. The maximum atomic E-state index is 13.3. The molecule has 138 valence electrons. The van der Waals surface area contributed by atoms with E-state index in [1.807, 2.05) is 55.5 Å². The first kappa shape index (κ1) is 18.4. The fourth-order valence-corrected chi connectivity index (χ4v) is 3.29. The summed E-state index contributed by atoms with van der Waals surface area (Å²) in [6, 6.07) is 16.7. The molecule has 0 saturated carbocycles. The van der Waals surface area contributed by atoms with Crippen LogP contribution in [0.25, 0.3) is 0 Å². The lowest BCUT2D eigenvalue weighted by Gasteiger charge is -2.41. The van der Waals surface area contributed by atoms with E-state index in [2.05, 4.69) is 0 Å². The number of benzene rings is 2. The number of carbonyl (C=O) groups is 1. The molecule has 5 heteroatoms. The van der Waals surface area contributed by atoms with E-state index in [1.54, 1.807) is 11.0 Å². The molecule has 1 saturated heterocycles. The Kier molecular flexibility index (Phi) is 6.26. The van der Waals surface area contributed by atoms with Crippen LogP contribution >= 0.6 is 0 Å². The minimum Gasteiger partial charge on any atom is -0.493 e. The fourth-order valence-electron chi connectivity index (χ4n) is 3.29. The van der Waals surface area contributed by atoms with Gasteiger partial charge in [-0.3, -0.25) is 4.79 Å². The molecule has 5 nitrogen and oxygen atoms in total. The minimum atomic E-state index is -0.446. The highest BCUT2D eigenvalue weighted by atomic mass is 16.5. The zero-order chi connectivity index (χ0) is 18.4. The largest absolute Gasteiger partial charge is 0.493 e. The molecular formula is C21H25NO4. The molecule has 2 aromatic rings. The SMILES string of the molecule is CCCOc1ccccc1C(=O)N1CCOC(CO)C1c1ccccc1. The van der Waals surface area contributed by atoms with E-state index >= 15 is 0 Å².